The highest BCUT2D eigenvalue weighted by molar-refractivity contribution is 5.97. The first-order valence-electron chi connectivity index (χ1n) is 8.75. The first-order chi connectivity index (χ1) is 13.3. The van der Waals surface area contributed by atoms with E-state index < -0.39 is 24.3 Å². The Balaban J connectivity index is 1.58. The van der Waals surface area contributed by atoms with Gasteiger partial charge in [-0.25, -0.2) is 4.79 Å². The zero-order valence-electron chi connectivity index (χ0n) is 14.9. The average molecular weight is 389 g/mol. The van der Waals surface area contributed by atoms with Crippen LogP contribution in [0.1, 0.15) is 23.1 Å². The molecule has 0 spiro atoms. The number of benzene rings is 2. The maximum Gasteiger partial charge on any atom is 0.416 e. The normalized spacial score (nSPS) is 14.0. The van der Waals surface area contributed by atoms with Gasteiger partial charge in [0.25, 0.3) is 5.91 Å². The van der Waals surface area contributed by atoms with Gasteiger partial charge in [-0.2, -0.15) is 13.2 Å². The molecule has 0 bridgehead atoms. The van der Waals surface area contributed by atoms with Gasteiger partial charge in [0, 0.05) is 18.3 Å². The van der Waals surface area contributed by atoms with Crippen LogP contribution in [0.15, 0.2) is 54.6 Å². The molecule has 2 aromatic carbocycles. The monoisotopic (exact) mass is 389 g/mol. The number of anilines is 1. The molecule has 0 saturated heterocycles. The molecule has 0 aliphatic carbocycles. The number of halogens is 3. The first-order valence-corrected chi connectivity index (χ1v) is 8.75. The standard InChI is InChI=1S/C21H18F3NO3/c22-21(23,24)17-8-3-5-15(13-17)10-11-20(27)28-14-19(26)25-12-4-7-16-6-1-2-9-18(16)25/h1-3,5-6,8-11,13H,4,7,12,14H2/b11-10+. The second-order valence-electron chi connectivity index (χ2n) is 6.34. The van der Waals surface area contributed by atoms with Gasteiger partial charge in [0.2, 0.25) is 0 Å². The number of esters is 1. The number of nitrogens with zero attached hydrogens (tertiary/aromatic N) is 1. The van der Waals surface area contributed by atoms with Crippen molar-refractivity contribution < 1.29 is 27.5 Å². The number of carbonyl (C=O) groups is 2. The Bertz CT molecular complexity index is 906. The van der Waals surface area contributed by atoms with E-state index in [1.54, 1.807) is 4.90 Å². The van der Waals surface area contributed by atoms with Gasteiger partial charge < -0.3 is 9.64 Å². The second-order valence-corrected chi connectivity index (χ2v) is 6.34. The largest absolute Gasteiger partial charge is 0.452 e. The molecule has 0 unspecified atom stereocenters. The molecule has 0 N–H and O–H groups in total. The third kappa shape index (κ3) is 4.79. The van der Waals surface area contributed by atoms with Crippen LogP contribution in [0.4, 0.5) is 18.9 Å². The molecule has 0 fully saturated rings. The molecule has 0 saturated carbocycles. The van der Waals surface area contributed by atoms with Gasteiger partial charge in [-0.15, -0.1) is 0 Å². The Hall–Kier alpha value is -3.09. The van der Waals surface area contributed by atoms with Crippen molar-refractivity contribution >= 4 is 23.6 Å². The summed E-state index contributed by atoms with van der Waals surface area (Å²) in [5.74, 6) is -1.14. The SMILES string of the molecule is O=C(/C=C/c1cccc(C(F)(F)F)c1)OCC(=O)N1CCCc2ccccc21. The van der Waals surface area contributed by atoms with E-state index in [0.717, 1.165) is 42.3 Å². The van der Waals surface area contributed by atoms with Gasteiger partial charge in [-0.3, -0.25) is 4.79 Å². The van der Waals surface area contributed by atoms with Gasteiger partial charge in [0.15, 0.2) is 6.61 Å². The molecule has 0 atom stereocenters. The van der Waals surface area contributed by atoms with Crippen LogP contribution >= 0.6 is 0 Å². The van der Waals surface area contributed by atoms with E-state index in [-0.39, 0.29) is 11.5 Å². The Morgan fingerprint density at radius 2 is 1.89 bits per heavy atom. The van der Waals surface area contributed by atoms with Crippen LogP contribution in [0.2, 0.25) is 0 Å². The minimum Gasteiger partial charge on any atom is -0.452 e. The van der Waals surface area contributed by atoms with Crippen LogP contribution in [0, 0.1) is 0 Å². The quantitative estimate of drug-likeness (QED) is 0.580. The van der Waals surface area contributed by atoms with E-state index in [1.165, 1.54) is 18.2 Å². The number of hydrogen-bond donors (Lipinski definition) is 0. The van der Waals surface area contributed by atoms with E-state index in [2.05, 4.69) is 0 Å². The van der Waals surface area contributed by atoms with E-state index >= 15 is 0 Å². The van der Waals surface area contributed by atoms with Crippen LogP contribution in [0.5, 0.6) is 0 Å². The molecular formula is C21H18F3NO3. The smallest absolute Gasteiger partial charge is 0.416 e. The van der Waals surface area contributed by atoms with Crippen molar-refractivity contribution in [2.24, 2.45) is 0 Å². The Kier molecular flexibility index (Phi) is 5.82. The molecule has 1 amide bonds. The fourth-order valence-electron chi connectivity index (χ4n) is 3.03. The van der Waals surface area contributed by atoms with Crippen molar-refractivity contribution in [1.29, 1.82) is 0 Å². The van der Waals surface area contributed by atoms with Gasteiger partial charge in [-0.05, 0) is 48.2 Å². The lowest BCUT2D eigenvalue weighted by molar-refractivity contribution is -0.142. The second kappa shape index (κ2) is 8.29. The highest BCUT2D eigenvalue weighted by Gasteiger charge is 2.30. The summed E-state index contributed by atoms with van der Waals surface area (Å²) in [6.45, 7) is 0.119. The van der Waals surface area contributed by atoms with E-state index in [0.29, 0.717) is 6.54 Å². The summed E-state index contributed by atoms with van der Waals surface area (Å²) < 4.78 is 43.1. The van der Waals surface area contributed by atoms with Gasteiger partial charge in [0.1, 0.15) is 0 Å². The van der Waals surface area contributed by atoms with Gasteiger partial charge >= 0.3 is 12.1 Å². The first kappa shape index (κ1) is 19.7. The molecule has 0 aromatic heterocycles. The van der Waals surface area contributed by atoms with E-state index in [4.69, 9.17) is 4.74 Å². The molecule has 1 heterocycles. The molecule has 4 nitrogen and oxygen atoms in total. The third-order valence-electron chi connectivity index (χ3n) is 4.38. The highest BCUT2D eigenvalue weighted by Crippen LogP contribution is 2.30. The average Bonchev–Trinajstić information content (AvgIpc) is 2.69. The number of rotatable bonds is 4. The molecule has 1 aliphatic heterocycles. The lowest BCUT2D eigenvalue weighted by atomic mass is 10.0. The van der Waals surface area contributed by atoms with Crippen molar-refractivity contribution in [3.8, 4) is 0 Å². The summed E-state index contributed by atoms with van der Waals surface area (Å²) in [4.78, 5) is 25.8. The zero-order valence-corrected chi connectivity index (χ0v) is 14.9. The molecule has 2 aromatic rings. The number of aryl methyl sites for hydroxylation is 1. The molecule has 7 heteroatoms. The van der Waals surface area contributed by atoms with Crippen molar-refractivity contribution in [2.45, 2.75) is 19.0 Å². The minimum atomic E-state index is -4.46. The summed E-state index contributed by atoms with van der Waals surface area (Å²) >= 11 is 0. The predicted octanol–water partition coefficient (Wildman–Crippen LogP) is 4.24. The number of carbonyl (C=O) groups excluding carboxylic acids is 2. The molecule has 28 heavy (non-hydrogen) atoms. The molecule has 3 rings (SSSR count). The van der Waals surface area contributed by atoms with Crippen LogP contribution < -0.4 is 4.90 Å². The molecule has 1 aliphatic rings. The van der Waals surface area contributed by atoms with E-state index in [1.807, 2.05) is 24.3 Å². The van der Waals surface area contributed by atoms with Crippen molar-refractivity contribution in [3.63, 3.8) is 0 Å². The Morgan fingerprint density at radius 1 is 1.11 bits per heavy atom. The fraction of sp³-hybridized carbons (Fsp3) is 0.238. The molecule has 0 radical (unpaired) electrons. The van der Waals surface area contributed by atoms with Crippen molar-refractivity contribution in [1.82, 2.24) is 0 Å². The topological polar surface area (TPSA) is 46.6 Å². The number of amides is 1. The fourth-order valence-corrected chi connectivity index (χ4v) is 3.03. The van der Waals surface area contributed by atoms with Gasteiger partial charge in [0.05, 0.1) is 5.56 Å². The number of fused-ring (bicyclic) bond motifs is 1. The number of ether oxygens (including phenoxy) is 1. The zero-order chi connectivity index (χ0) is 20.1. The Labute approximate surface area is 160 Å². The summed E-state index contributed by atoms with van der Waals surface area (Å²) in [6, 6.07) is 12.1. The van der Waals surface area contributed by atoms with Crippen LogP contribution in [-0.4, -0.2) is 25.0 Å². The number of hydrogen-bond acceptors (Lipinski definition) is 3. The molecular weight excluding hydrogens is 371 g/mol. The van der Waals surface area contributed by atoms with Gasteiger partial charge in [-0.1, -0.05) is 30.3 Å². The van der Waals surface area contributed by atoms with Crippen molar-refractivity contribution in [2.75, 3.05) is 18.1 Å². The Morgan fingerprint density at radius 3 is 2.68 bits per heavy atom. The number of alkyl halides is 3. The number of para-hydroxylation sites is 1. The van der Waals surface area contributed by atoms with Crippen LogP contribution in [0.3, 0.4) is 0 Å². The van der Waals surface area contributed by atoms with Crippen molar-refractivity contribution in [3.05, 3.63) is 71.3 Å². The summed E-state index contributed by atoms with van der Waals surface area (Å²) in [5, 5.41) is 0. The maximum absolute atomic E-state index is 12.7. The van der Waals surface area contributed by atoms with Crippen LogP contribution in [-0.2, 0) is 26.9 Å². The molecule has 146 valence electrons. The summed E-state index contributed by atoms with van der Waals surface area (Å²) in [6.07, 6.45) is -0.516. The lowest BCUT2D eigenvalue weighted by Crippen LogP contribution is -2.38. The van der Waals surface area contributed by atoms with E-state index in [9.17, 15) is 22.8 Å². The lowest BCUT2D eigenvalue weighted by Gasteiger charge is -2.29. The summed E-state index contributed by atoms with van der Waals surface area (Å²) in [7, 11) is 0. The highest BCUT2D eigenvalue weighted by atomic mass is 19.4. The maximum atomic E-state index is 12.7. The summed E-state index contributed by atoms with van der Waals surface area (Å²) in [5.41, 5.74) is 1.29. The van der Waals surface area contributed by atoms with Crippen LogP contribution in [0.25, 0.3) is 6.08 Å². The minimum absolute atomic E-state index is 0.211. The predicted molar refractivity (Wildman–Crippen MR) is 98.6 cm³/mol. The third-order valence-corrected chi connectivity index (χ3v) is 4.38.